The van der Waals surface area contributed by atoms with E-state index < -0.39 is 0 Å². The average molecular weight is 411 g/mol. The first-order valence-corrected chi connectivity index (χ1v) is 12.3. The molecule has 0 radical (unpaired) electrons. The zero-order valence-corrected chi connectivity index (χ0v) is 19.9. The third kappa shape index (κ3) is 3.48. The molecule has 0 saturated heterocycles. The van der Waals surface area contributed by atoms with Gasteiger partial charge >= 0.3 is 0 Å². The van der Waals surface area contributed by atoms with Gasteiger partial charge in [-0.1, -0.05) is 77.5 Å². The highest BCUT2D eigenvalue weighted by Crippen LogP contribution is 2.64. The van der Waals surface area contributed by atoms with Gasteiger partial charge in [0.25, 0.3) is 0 Å². The lowest BCUT2D eigenvalue weighted by atomic mass is 9.54. The molecule has 4 aliphatic carbocycles. The molecule has 0 aliphatic heterocycles. The van der Waals surface area contributed by atoms with Crippen molar-refractivity contribution >= 4 is 0 Å². The van der Waals surface area contributed by atoms with E-state index in [-0.39, 0.29) is 11.5 Å². The Labute approximate surface area is 184 Å². The summed E-state index contributed by atoms with van der Waals surface area (Å²) in [6.45, 7) is 14.4. The second-order valence-corrected chi connectivity index (χ2v) is 11.5. The van der Waals surface area contributed by atoms with Crippen LogP contribution in [-0.4, -0.2) is 11.4 Å². The number of hydrogen-bond donors (Lipinski definition) is 1. The molecular formula is C28H42O2. The minimum atomic E-state index is -0.0366. The monoisotopic (exact) mass is 410 g/mol. The van der Waals surface area contributed by atoms with Gasteiger partial charge in [0.05, 0.1) is 6.10 Å². The van der Waals surface area contributed by atoms with Crippen LogP contribution >= 0.6 is 0 Å². The van der Waals surface area contributed by atoms with Crippen molar-refractivity contribution in [3.05, 3.63) is 47.1 Å². The van der Waals surface area contributed by atoms with Crippen LogP contribution in [0.2, 0.25) is 0 Å². The van der Waals surface area contributed by atoms with Crippen molar-refractivity contribution in [2.24, 2.45) is 40.4 Å². The molecule has 7 atom stereocenters. The van der Waals surface area contributed by atoms with E-state index in [1.165, 1.54) is 24.8 Å². The molecule has 0 heterocycles. The predicted molar refractivity (Wildman–Crippen MR) is 125 cm³/mol. The molecule has 0 aromatic heterocycles. The maximum atomic E-state index is 9.18. The van der Waals surface area contributed by atoms with Gasteiger partial charge in [0.2, 0.25) is 0 Å². The third-order valence-corrected chi connectivity index (χ3v) is 9.58. The van der Waals surface area contributed by atoms with Crippen molar-refractivity contribution in [3.8, 4) is 0 Å². The van der Waals surface area contributed by atoms with Crippen LogP contribution in [-0.2, 0) is 4.89 Å². The molecule has 0 unspecified atom stereocenters. The van der Waals surface area contributed by atoms with Crippen molar-refractivity contribution in [1.29, 1.82) is 0 Å². The fourth-order valence-electron chi connectivity index (χ4n) is 7.04. The summed E-state index contributed by atoms with van der Waals surface area (Å²) in [6, 6.07) is 0. The predicted octanol–water partition coefficient (Wildman–Crippen LogP) is 7.75. The average Bonchev–Trinajstić information content (AvgIpc) is 3.08. The first kappa shape index (κ1) is 22.1. The van der Waals surface area contributed by atoms with Crippen molar-refractivity contribution in [2.45, 2.75) is 86.2 Å². The van der Waals surface area contributed by atoms with Crippen LogP contribution in [0.3, 0.4) is 0 Å². The number of rotatable bonds is 5. The Morgan fingerprint density at radius 2 is 1.83 bits per heavy atom. The molecule has 4 aliphatic rings. The summed E-state index contributed by atoms with van der Waals surface area (Å²) in [6.07, 6.45) is 19.1. The fourth-order valence-corrected chi connectivity index (χ4v) is 7.04. The molecule has 0 spiro atoms. The second kappa shape index (κ2) is 8.10. The highest BCUT2D eigenvalue weighted by Gasteiger charge is 2.54. The summed E-state index contributed by atoms with van der Waals surface area (Å²) < 4.78 is 0. The minimum absolute atomic E-state index is 0.0366. The van der Waals surface area contributed by atoms with Crippen LogP contribution in [0, 0.1) is 40.4 Å². The molecular weight excluding hydrogens is 368 g/mol. The second-order valence-electron chi connectivity index (χ2n) is 11.5. The van der Waals surface area contributed by atoms with Crippen LogP contribution in [0.15, 0.2) is 47.1 Å². The minimum Gasteiger partial charge on any atom is -0.252 e. The molecule has 2 fully saturated rings. The van der Waals surface area contributed by atoms with Gasteiger partial charge in [0, 0.05) is 5.41 Å². The largest absolute Gasteiger partial charge is 0.252 e. The van der Waals surface area contributed by atoms with Crippen LogP contribution in [0.5, 0.6) is 0 Å². The molecule has 4 rings (SSSR count). The standard InChI is InChI=1S/C28H42O2/c1-18(2)19(3)7-8-20(4)24-11-12-25-23-10-9-21-17-22(30-29)13-15-27(21,5)26(23)14-16-28(24,25)6/h7-10,14,18-20,22,24-25,29H,11-13,15-17H2,1-6H3/b8-7+/t19-,20+,22-,24+,25-,27-,28+/m0/s1. The lowest BCUT2D eigenvalue weighted by molar-refractivity contribution is -0.282. The lowest BCUT2D eigenvalue weighted by Gasteiger charge is -2.50. The Bertz CT molecular complexity index is 784. The fraction of sp³-hybridized carbons (Fsp3) is 0.714. The van der Waals surface area contributed by atoms with Gasteiger partial charge in [-0.2, -0.15) is 0 Å². The molecule has 2 nitrogen and oxygen atoms in total. The molecule has 2 saturated carbocycles. The van der Waals surface area contributed by atoms with E-state index in [0.29, 0.717) is 29.1 Å². The molecule has 0 bridgehead atoms. The number of allylic oxidation sites excluding steroid dienone is 7. The summed E-state index contributed by atoms with van der Waals surface area (Å²) in [5.41, 5.74) is 5.16. The summed E-state index contributed by atoms with van der Waals surface area (Å²) >= 11 is 0. The van der Waals surface area contributed by atoms with Crippen LogP contribution < -0.4 is 0 Å². The molecule has 166 valence electrons. The van der Waals surface area contributed by atoms with E-state index in [1.807, 2.05) is 0 Å². The topological polar surface area (TPSA) is 29.5 Å². The van der Waals surface area contributed by atoms with Crippen molar-refractivity contribution in [3.63, 3.8) is 0 Å². The SMILES string of the molecule is CC(C)[C@@H](C)/C=C/[C@@H](C)[C@H]1CC[C@H]2C3=CC=C4C[C@@H](OO)CC[C@]4(C)C3=CC[C@]12C. The lowest BCUT2D eigenvalue weighted by Crippen LogP contribution is -2.41. The van der Waals surface area contributed by atoms with E-state index >= 15 is 0 Å². The zero-order valence-electron chi connectivity index (χ0n) is 19.9. The van der Waals surface area contributed by atoms with E-state index in [9.17, 15) is 5.26 Å². The highest BCUT2D eigenvalue weighted by molar-refractivity contribution is 5.53. The highest BCUT2D eigenvalue weighted by atomic mass is 17.1. The van der Waals surface area contributed by atoms with Gasteiger partial charge < -0.3 is 0 Å². The van der Waals surface area contributed by atoms with Gasteiger partial charge in [0.1, 0.15) is 0 Å². The summed E-state index contributed by atoms with van der Waals surface area (Å²) in [5.74, 6) is 3.44. The maximum Gasteiger partial charge on any atom is 0.0965 e. The molecule has 0 amide bonds. The molecule has 30 heavy (non-hydrogen) atoms. The quantitative estimate of drug-likeness (QED) is 0.285. The Balaban J connectivity index is 1.59. The van der Waals surface area contributed by atoms with Crippen molar-refractivity contribution < 1.29 is 10.1 Å². The van der Waals surface area contributed by atoms with E-state index in [0.717, 1.165) is 25.2 Å². The summed E-state index contributed by atoms with van der Waals surface area (Å²) in [7, 11) is 0. The van der Waals surface area contributed by atoms with E-state index in [1.54, 1.807) is 11.1 Å². The molecule has 0 aromatic carbocycles. The van der Waals surface area contributed by atoms with Crippen molar-refractivity contribution in [2.75, 3.05) is 0 Å². The molecule has 2 heteroatoms. The molecule has 0 aromatic rings. The summed E-state index contributed by atoms with van der Waals surface area (Å²) in [5, 5.41) is 9.18. The molecule has 1 N–H and O–H groups in total. The van der Waals surface area contributed by atoms with E-state index in [4.69, 9.17) is 4.89 Å². The van der Waals surface area contributed by atoms with Crippen molar-refractivity contribution in [1.82, 2.24) is 0 Å². The van der Waals surface area contributed by atoms with Crippen LogP contribution in [0.4, 0.5) is 0 Å². The summed E-state index contributed by atoms with van der Waals surface area (Å²) in [4.78, 5) is 4.71. The number of fused-ring (bicyclic) bond motifs is 5. The van der Waals surface area contributed by atoms with E-state index in [2.05, 4.69) is 71.9 Å². The first-order valence-electron chi connectivity index (χ1n) is 12.3. The Kier molecular flexibility index (Phi) is 5.96. The van der Waals surface area contributed by atoms with Gasteiger partial charge in [0.15, 0.2) is 0 Å². The number of hydrogen-bond acceptors (Lipinski definition) is 2. The van der Waals surface area contributed by atoms with Gasteiger partial charge in [-0.25, -0.2) is 4.89 Å². The van der Waals surface area contributed by atoms with Crippen LogP contribution in [0.25, 0.3) is 0 Å². The van der Waals surface area contributed by atoms with Gasteiger partial charge in [-0.05, 0) is 84.7 Å². The zero-order chi connectivity index (χ0) is 21.7. The third-order valence-electron chi connectivity index (χ3n) is 9.58. The Morgan fingerprint density at radius 1 is 1.07 bits per heavy atom. The maximum absolute atomic E-state index is 9.18. The Morgan fingerprint density at radius 3 is 2.53 bits per heavy atom. The first-order chi connectivity index (χ1) is 14.2. The normalized spacial score (nSPS) is 40.3. The Hall–Kier alpha value is -1.12. The smallest absolute Gasteiger partial charge is 0.0965 e. The van der Waals surface area contributed by atoms with Gasteiger partial charge in [-0.3, -0.25) is 5.26 Å². The van der Waals surface area contributed by atoms with Gasteiger partial charge in [-0.15, -0.1) is 0 Å². The van der Waals surface area contributed by atoms with Crippen LogP contribution in [0.1, 0.15) is 80.1 Å².